The van der Waals surface area contributed by atoms with Crippen LogP contribution in [0.25, 0.3) is 6.08 Å². The molecule has 0 radical (unpaired) electrons. The molecule has 0 aliphatic carbocycles. The molecule has 0 atom stereocenters. The second kappa shape index (κ2) is 9.25. The highest BCUT2D eigenvalue weighted by atomic mass is 35.5. The smallest absolute Gasteiger partial charge is 0.312 e. The van der Waals surface area contributed by atoms with Gasteiger partial charge in [-0.1, -0.05) is 72.3 Å². The second-order valence-corrected chi connectivity index (χ2v) is 8.83. The van der Waals surface area contributed by atoms with Crippen molar-refractivity contribution in [2.75, 3.05) is 33.2 Å². The van der Waals surface area contributed by atoms with E-state index in [9.17, 15) is 9.59 Å². The number of hydrogen-bond acceptors (Lipinski definition) is 3. The van der Waals surface area contributed by atoms with Gasteiger partial charge in [0.05, 0.1) is 0 Å². The number of carbonyl (C=O) groups excluding carboxylic acids is 2. The number of rotatable bonds is 6. The van der Waals surface area contributed by atoms with E-state index >= 15 is 0 Å². The van der Waals surface area contributed by atoms with Crippen LogP contribution in [0, 0.1) is 0 Å². The third-order valence-electron chi connectivity index (χ3n) is 6.45. The van der Waals surface area contributed by atoms with Crippen LogP contribution in [0.3, 0.4) is 0 Å². The molecule has 0 unspecified atom stereocenters. The fraction of sp³-hybridized carbons (Fsp3) is 0.360. The van der Waals surface area contributed by atoms with Crippen LogP contribution in [0.15, 0.2) is 65.7 Å². The number of hydrogen-bond donors (Lipinski definition) is 0. The molecule has 0 saturated carbocycles. The summed E-state index contributed by atoms with van der Waals surface area (Å²) in [5.74, 6) is -0.0542. The molecule has 31 heavy (non-hydrogen) atoms. The molecule has 0 bridgehead atoms. The largest absolute Gasteiger partial charge is 0.327 e. The van der Waals surface area contributed by atoms with Gasteiger partial charge in [-0.15, -0.1) is 0 Å². The molecule has 2 saturated heterocycles. The zero-order valence-corrected chi connectivity index (χ0v) is 18.6. The molecule has 4 rings (SSSR count). The van der Waals surface area contributed by atoms with Crippen molar-refractivity contribution in [2.45, 2.75) is 24.8 Å². The van der Waals surface area contributed by atoms with Crippen LogP contribution in [-0.2, 0) is 11.2 Å². The zero-order valence-electron chi connectivity index (χ0n) is 17.8. The van der Waals surface area contributed by atoms with Crippen LogP contribution in [0.1, 0.15) is 24.0 Å². The molecular formula is C25H28ClN3O2. The van der Waals surface area contributed by atoms with Gasteiger partial charge in [0.1, 0.15) is 5.54 Å². The number of likely N-dealkylation sites (N-methyl/N-ethyl adjacent to an activating group) is 1. The van der Waals surface area contributed by atoms with Crippen molar-refractivity contribution in [1.29, 1.82) is 0 Å². The maximum atomic E-state index is 13.3. The van der Waals surface area contributed by atoms with Crippen molar-refractivity contribution in [3.63, 3.8) is 0 Å². The summed E-state index contributed by atoms with van der Waals surface area (Å²) in [6, 6.07) is 19.8. The van der Waals surface area contributed by atoms with Gasteiger partial charge in [0.25, 0.3) is 5.91 Å². The summed E-state index contributed by atoms with van der Waals surface area (Å²) in [6.45, 7) is 2.53. The number of benzene rings is 2. The monoisotopic (exact) mass is 437 g/mol. The highest BCUT2D eigenvalue weighted by Gasteiger charge is 2.56. The van der Waals surface area contributed by atoms with Crippen molar-refractivity contribution >= 4 is 29.6 Å². The van der Waals surface area contributed by atoms with E-state index < -0.39 is 5.54 Å². The third-order valence-corrected chi connectivity index (χ3v) is 6.68. The first-order valence-corrected chi connectivity index (χ1v) is 11.1. The lowest BCUT2D eigenvalue weighted by atomic mass is 9.86. The van der Waals surface area contributed by atoms with Gasteiger partial charge in [0.2, 0.25) is 0 Å². The maximum absolute atomic E-state index is 13.3. The van der Waals surface area contributed by atoms with Crippen molar-refractivity contribution in [2.24, 2.45) is 0 Å². The average Bonchev–Trinajstić information content (AvgIpc) is 2.96. The number of likely N-dealkylation sites (tertiary alicyclic amines) is 1. The normalized spacial score (nSPS) is 19.5. The van der Waals surface area contributed by atoms with E-state index in [-0.39, 0.29) is 11.9 Å². The van der Waals surface area contributed by atoms with Gasteiger partial charge in [-0.2, -0.15) is 0 Å². The van der Waals surface area contributed by atoms with E-state index in [0.717, 1.165) is 29.2 Å². The Kier molecular flexibility index (Phi) is 6.44. The van der Waals surface area contributed by atoms with Crippen molar-refractivity contribution in [3.05, 3.63) is 76.8 Å². The molecular weight excluding hydrogens is 410 g/mol. The number of piperidine rings is 1. The molecule has 0 aromatic heterocycles. The molecule has 162 valence electrons. The topological polar surface area (TPSA) is 43.9 Å². The molecule has 0 N–H and O–H groups in total. The van der Waals surface area contributed by atoms with Crippen LogP contribution in [0.4, 0.5) is 4.79 Å². The van der Waals surface area contributed by atoms with Gasteiger partial charge in [-0.25, -0.2) is 4.79 Å². The summed E-state index contributed by atoms with van der Waals surface area (Å²) in [6.07, 6.45) is 3.92. The average molecular weight is 438 g/mol. The Balaban J connectivity index is 1.37. The van der Waals surface area contributed by atoms with E-state index in [1.807, 2.05) is 66.7 Å². The lowest BCUT2D eigenvalue weighted by Crippen LogP contribution is -2.55. The Morgan fingerprint density at radius 2 is 1.61 bits per heavy atom. The quantitative estimate of drug-likeness (QED) is 0.635. The maximum Gasteiger partial charge on any atom is 0.327 e. The minimum absolute atomic E-state index is 0.0542. The van der Waals surface area contributed by atoms with Gasteiger partial charge < -0.3 is 4.90 Å². The van der Waals surface area contributed by atoms with Crippen LogP contribution < -0.4 is 0 Å². The molecule has 6 heteroatoms. The lowest BCUT2D eigenvalue weighted by Gasteiger charge is -2.40. The standard InChI is InChI=1S/C25H28ClN3O2/c1-27-24(31)29(15-12-20-8-4-2-5-9-20)23(30)25(27)13-16-28(17-14-25)19-22(26)18-21-10-6-3-7-11-21/h2-11,18H,12-17,19H2,1H3. The summed E-state index contributed by atoms with van der Waals surface area (Å²) in [7, 11) is 1.76. The first-order valence-electron chi connectivity index (χ1n) is 10.8. The number of urea groups is 1. The van der Waals surface area contributed by atoms with E-state index in [1.54, 1.807) is 11.9 Å². The Morgan fingerprint density at radius 3 is 2.26 bits per heavy atom. The van der Waals surface area contributed by atoms with E-state index in [0.29, 0.717) is 32.4 Å². The summed E-state index contributed by atoms with van der Waals surface area (Å²) in [5, 5.41) is 0.772. The highest BCUT2D eigenvalue weighted by molar-refractivity contribution is 6.31. The van der Waals surface area contributed by atoms with E-state index in [4.69, 9.17) is 11.6 Å². The Morgan fingerprint density at radius 1 is 1.00 bits per heavy atom. The van der Waals surface area contributed by atoms with Gasteiger partial charge in [-0.3, -0.25) is 14.6 Å². The van der Waals surface area contributed by atoms with Crippen LogP contribution in [0.5, 0.6) is 0 Å². The second-order valence-electron chi connectivity index (χ2n) is 8.34. The summed E-state index contributed by atoms with van der Waals surface area (Å²) < 4.78 is 0. The molecule has 2 aliphatic rings. The van der Waals surface area contributed by atoms with Crippen LogP contribution >= 0.6 is 11.6 Å². The molecule has 1 spiro atoms. The molecule has 2 fully saturated rings. The number of amides is 3. The van der Waals surface area contributed by atoms with Crippen molar-refractivity contribution in [1.82, 2.24) is 14.7 Å². The molecule has 2 heterocycles. The SMILES string of the molecule is CN1C(=O)N(CCc2ccccc2)C(=O)C12CCN(CC(Cl)=Cc1ccccc1)CC2. The zero-order chi connectivity index (χ0) is 21.8. The lowest BCUT2D eigenvalue weighted by molar-refractivity contribution is -0.135. The van der Waals surface area contributed by atoms with Gasteiger partial charge in [-0.05, 0) is 36.5 Å². The van der Waals surface area contributed by atoms with Gasteiger partial charge >= 0.3 is 6.03 Å². The molecule has 5 nitrogen and oxygen atoms in total. The number of halogens is 1. The van der Waals surface area contributed by atoms with E-state index in [2.05, 4.69) is 4.90 Å². The summed E-state index contributed by atoms with van der Waals surface area (Å²) in [4.78, 5) is 31.5. The highest BCUT2D eigenvalue weighted by Crippen LogP contribution is 2.36. The van der Waals surface area contributed by atoms with Crippen molar-refractivity contribution < 1.29 is 9.59 Å². The Hall–Kier alpha value is -2.63. The van der Waals surface area contributed by atoms with E-state index in [1.165, 1.54) is 4.90 Å². The Labute approximate surface area is 188 Å². The Bertz CT molecular complexity index is 953. The fourth-order valence-electron chi connectivity index (χ4n) is 4.55. The minimum Gasteiger partial charge on any atom is -0.312 e. The minimum atomic E-state index is -0.722. The predicted octanol–water partition coefficient (Wildman–Crippen LogP) is 4.24. The molecule has 2 aliphatic heterocycles. The predicted molar refractivity (Wildman–Crippen MR) is 124 cm³/mol. The fourth-order valence-corrected chi connectivity index (χ4v) is 4.84. The van der Waals surface area contributed by atoms with Crippen LogP contribution in [0.2, 0.25) is 0 Å². The summed E-state index contributed by atoms with van der Waals surface area (Å²) in [5.41, 5.74) is 1.48. The van der Waals surface area contributed by atoms with Gasteiger partial charge in [0, 0.05) is 38.3 Å². The number of imide groups is 1. The van der Waals surface area contributed by atoms with Crippen molar-refractivity contribution in [3.8, 4) is 0 Å². The third kappa shape index (κ3) is 4.53. The first kappa shape index (κ1) is 21.6. The number of nitrogens with zero attached hydrogens (tertiary/aromatic N) is 3. The van der Waals surface area contributed by atoms with Crippen LogP contribution in [-0.4, -0.2) is 65.4 Å². The summed E-state index contributed by atoms with van der Waals surface area (Å²) >= 11 is 6.48. The van der Waals surface area contributed by atoms with Gasteiger partial charge in [0.15, 0.2) is 0 Å². The first-order chi connectivity index (χ1) is 15.0. The molecule has 2 aromatic carbocycles. The molecule has 3 amide bonds. The number of carbonyl (C=O) groups is 2. The molecule has 2 aromatic rings.